The molecule has 2 aromatic rings. The van der Waals surface area contributed by atoms with E-state index in [0.717, 1.165) is 28.1 Å². The Hall–Kier alpha value is -2.20. The van der Waals surface area contributed by atoms with E-state index in [1.807, 2.05) is 54.6 Å². The zero-order valence-corrected chi connectivity index (χ0v) is 11.7. The molecule has 3 nitrogen and oxygen atoms in total. The van der Waals surface area contributed by atoms with Crippen molar-refractivity contribution in [3.8, 4) is 11.5 Å². The van der Waals surface area contributed by atoms with Crippen molar-refractivity contribution in [3.63, 3.8) is 0 Å². The Morgan fingerprint density at radius 1 is 0.850 bits per heavy atom. The molecule has 0 aliphatic rings. The van der Waals surface area contributed by atoms with Gasteiger partial charge in [0, 0.05) is 0 Å². The number of hydrogen-bond acceptors (Lipinski definition) is 3. The van der Waals surface area contributed by atoms with Gasteiger partial charge < -0.3 is 14.5 Å². The van der Waals surface area contributed by atoms with E-state index in [1.165, 1.54) is 0 Å². The van der Waals surface area contributed by atoms with Crippen LogP contribution < -0.4 is 14.9 Å². The summed E-state index contributed by atoms with van der Waals surface area (Å²) in [4.78, 5) is 0. The van der Waals surface area contributed by atoms with Crippen LogP contribution in [0.2, 0.25) is 0 Å². The fraction of sp³-hybridized carbons (Fsp3) is 0.125. The molecule has 0 amide bonds. The number of methoxy groups -OCH3 is 2. The molecule has 102 valence electrons. The smallest absolute Gasteiger partial charge is 0.304 e. The first-order valence-corrected chi connectivity index (χ1v) is 6.36. The fourth-order valence-corrected chi connectivity index (χ4v) is 1.90. The van der Waals surface area contributed by atoms with Crippen LogP contribution in [0.4, 0.5) is 0 Å². The third-order valence-corrected chi connectivity index (χ3v) is 2.99. The maximum Gasteiger partial charge on any atom is 0.304 e. The van der Waals surface area contributed by atoms with Crippen molar-refractivity contribution in [2.45, 2.75) is 0 Å². The molecule has 0 unspecified atom stereocenters. The molecule has 4 heteroatoms. The van der Waals surface area contributed by atoms with Crippen LogP contribution in [-0.4, -0.2) is 26.7 Å². The molecule has 0 aliphatic heterocycles. The van der Waals surface area contributed by atoms with Crippen LogP contribution in [0.25, 0.3) is 12.2 Å². The normalized spacial score (nSPS) is 10.6. The summed E-state index contributed by atoms with van der Waals surface area (Å²) in [7, 11) is 3.27. The minimum Gasteiger partial charge on any atom is -0.497 e. The molecule has 2 aromatic carbocycles. The molecule has 0 spiro atoms. The van der Waals surface area contributed by atoms with Gasteiger partial charge in [-0.3, -0.25) is 0 Å². The molecular weight excluding hydrogens is 251 g/mol. The van der Waals surface area contributed by atoms with Gasteiger partial charge in [-0.1, -0.05) is 30.4 Å². The summed E-state index contributed by atoms with van der Waals surface area (Å²) in [6, 6.07) is 13.5. The third kappa shape index (κ3) is 3.65. The van der Waals surface area contributed by atoms with E-state index in [-0.39, 0.29) is 7.48 Å². The fourth-order valence-electron chi connectivity index (χ4n) is 1.90. The van der Waals surface area contributed by atoms with Gasteiger partial charge in [0.2, 0.25) is 0 Å². The Kier molecular flexibility index (Phi) is 4.85. The van der Waals surface area contributed by atoms with Crippen molar-refractivity contribution in [2.75, 3.05) is 14.2 Å². The summed E-state index contributed by atoms with van der Waals surface area (Å²) < 4.78 is 10.3. The van der Waals surface area contributed by atoms with Crippen LogP contribution >= 0.6 is 0 Å². The van der Waals surface area contributed by atoms with Crippen molar-refractivity contribution in [1.29, 1.82) is 0 Å². The zero-order chi connectivity index (χ0) is 14.4. The lowest BCUT2D eigenvalue weighted by Gasteiger charge is -2.04. The van der Waals surface area contributed by atoms with Crippen LogP contribution in [0.15, 0.2) is 42.5 Å². The highest BCUT2D eigenvalue weighted by molar-refractivity contribution is 6.45. The monoisotopic (exact) mass is 268 g/mol. The van der Waals surface area contributed by atoms with Gasteiger partial charge in [-0.05, 0) is 40.9 Å². The Morgan fingerprint density at radius 3 is 2.10 bits per heavy atom. The maximum absolute atomic E-state index is 9.23. The van der Waals surface area contributed by atoms with Gasteiger partial charge in [0.15, 0.2) is 0 Å². The summed E-state index contributed by atoms with van der Waals surface area (Å²) >= 11 is 0. The van der Waals surface area contributed by atoms with Crippen molar-refractivity contribution >= 4 is 25.1 Å². The van der Waals surface area contributed by atoms with E-state index in [1.54, 1.807) is 14.2 Å². The average molecular weight is 268 g/mol. The van der Waals surface area contributed by atoms with Crippen molar-refractivity contribution in [1.82, 2.24) is 0 Å². The molecule has 0 heterocycles. The molecule has 0 aliphatic carbocycles. The standard InChI is InChI=1S/C16H17BO3/c1-19-15-7-5-12(6-8-15)3-4-13-9-14(17-18)11-16(10-13)20-2/h3-11,17-18H,1-2H3/b4-3+. The quantitative estimate of drug-likeness (QED) is 0.664. The Morgan fingerprint density at radius 2 is 1.50 bits per heavy atom. The lowest BCUT2D eigenvalue weighted by molar-refractivity contribution is 0.415. The van der Waals surface area contributed by atoms with Crippen molar-refractivity contribution in [2.24, 2.45) is 0 Å². The second-order valence-electron chi connectivity index (χ2n) is 4.38. The lowest BCUT2D eigenvalue weighted by Crippen LogP contribution is -2.13. The Balaban J connectivity index is 2.21. The largest absolute Gasteiger partial charge is 0.497 e. The zero-order valence-electron chi connectivity index (χ0n) is 11.7. The number of rotatable bonds is 5. The first kappa shape index (κ1) is 14.2. The van der Waals surface area contributed by atoms with Crippen molar-refractivity contribution in [3.05, 3.63) is 53.6 Å². The van der Waals surface area contributed by atoms with E-state index in [2.05, 4.69) is 0 Å². The maximum atomic E-state index is 9.23. The highest BCUT2D eigenvalue weighted by Crippen LogP contribution is 2.16. The van der Waals surface area contributed by atoms with Crippen LogP contribution in [0.3, 0.4) is 0 Å². The van der Waals surface area contributed by atoms with Gasteiger partial charge >= 0.3 is 7.48 Å². The summed E-state index contributed by atoms with van der Waals surface area (Å²) in [6.45, 7) is 0. The molecular formula is C16H17BO3. The summed E-state index contributed by atoms with van der Waals surface area (Å²) in [5, 5.41) is 9.23. The molecule has 0 atom stereocenters. The summed E-state index contributed by atoms with van der Waals surface area (Å²) in [5.41, 5.74) is 2.90. The van der Waals surface area contributed by atoms with Gasteiger partial charge in [-0.15, -0.1) is 0 Å². The van der Waals surface area contributed by atoms with Gasteiger partial charge in [0.1, 0.15) is 11.5 Å². The van der Waals surface area contributed by atoms with Gasteiger partial charge in [0.25, 0.3) is 0 Å². The molecule has 0 radical (unpaired) electrons. The number of ether oxygens (including phenoxy) is 2. The van der Waals surface area contributed by atoms with Gasteiger partial charge in [-0.25, -0.2) is 0 Å². The molecule has 0 fully saturated rings. The molecule has 0 saturated heterocycles. The SMILES string of the molecule is COc1ccc(/C=C/c2cc(BO)cc(OC)c2)cc1. The summed E-state index contributed by atoms with van der Waals surface area (Å²) in [6.07, 6.45) is 4.00. The molecule has 0 bridgehead atoms. The highest BCUT2D eigenvalue weighted by atomic mass is 16.5. The van der Waals surface area contributed by atoms with E-state index >= 15 is 0 Å². The van der Waals surface area contributed by atoms with E-state index in [4.69, 9.17) is 9.47 Å². The molecule has 1 N–H and O–H groups in total. The number of benzene rings is 2. The van der Waals surface area contributed by atoms with Crippen LogP contribution in [0.1, 0.15) is 11.1 Å². The van der Waals surface area contributed by atoms with E-state index < -0.39 is 0 Å². The van der Waals surface area contributed by atoms with E-state index in [0.29, 0.717) is 0 Å². The summed E-state index contributed by atoms with van der Waals surface area (Å²) in [5.74, 6) is 1.58. The molecule has 2 rings (SSSR count). The second kappa shape index (κ2) is 6.82. The predicted molar refractivity (Wildman–Crippen MR) is 83.9 cm³/mol. The lowest BCUT2D eigenvalue weighted by atomic mass is 9.87. The highest BCUT2D eigenvalue weighted by Gasteiger charge is 2.00. The van der Waals surface area contributed by atoms with Crippen LogP contribution in [0.5, 0.6) is 11.5 Å². The van der Waals surface area contributed by atoms with Crippen LogP contribution in [0, 0.1) is 0 Å². The first-order valence-electron chi connectivity index (χ1n) is 6.36. The molecule has 20 heavy (non-hydrogen) atoms. The average Bonchev–Trinajstić information content (AvgIpc) is 2.53. The Labute approximate surface area is 119 Å². The predicted octanol–water partition coefficient (Wildman–Crippen LogP) is 1.84. The number of hydrogen-bond donors (Lipinski definition) is 1. The topological polar surface area (TPSA) is 38.7 Å². The minimum atomic E-state index is 0.000571. The van der Waals surface area contributed by atoms with Gasteiger partial charge in [-0.2, -0.15) is 0 Å². The van der Waals surface area contributed by atoms with Gasteiger partial charge in [0.05, 0.1) is 14.2 Å². The third-order valence-electron chi connectivity index (χ3n) is 2.99. The minimum absolute atomic E-state index is 0.000571. The molecule has 0 aromatic heterocycles. The first-order chi connectivity index (χ1) is 9.75. The Bertz CT molecular complexity index is 569. The van der Waals surface area contributed by atoms with Crippen molar-refractivity contribution < 1.29 is 14.5 Å². The van der Waals surface area contributed by atoms with Crippen LogP contribution in [-0.2, 0) is 0 Å². The second-order valence-corrected chi connectivity index (χ2v) is 4.38. The molecule has 0 saturated carbocycles. The van der Waals surface area contributed by atoms with E-state index in [9.17, 15) is 5.02 Å².